The Morgan fingerprint density at radius 2 is 0.517 bits per heavy atom. The van der Waals surface area contributed by atoms with Gasteiger partial charge >= 0.3 is 39.5 Å². The summed E-state index contributed by atoms with van der Waals surface area (Å²) in [7, 11) is -9.90. The predicted octanol–water partition coefficient (Wildman–Crippen LogP) is 20.0. The Morgan fingerprint density at radius 3 is 0.764 bits per heavy atom. The molecule has 0 aromatic carbocycles. The van der Waals surface area contributed by atoms with Gasteiger partial charge in [-0.1, -0.05) is 305 Å². The molecular weight excluding hydrogens is 1170 g/mol. The molecule has 0 heterocycles. The van der Waals surface area contributed by atoms with E-state index in [2.05, 4.69) is 41.5 Å². The molecule has 0 aliphatic rings. The van der Waals surface area contributed by atoms with Crippen LogP contribution in [0.4, 0.5) is 0 Å². The first kappa shape index (κ1) is 87.1. The van der Waals surface area contributed by atoms with Crippen LogP contribution in [0, 0.1) is 11.8 Å². The summed E-state index contributed by atoms with van der Waals surface area (Å²) in [6.07, 6.45) is 47.0. The number of aliphatic hydroxyl groups is 1. The van der Waals surface area contributed by atoms with Crippen molar-refractivity contribution in [3.05, 3.63) is 0 Å². The first-order valence-corrected chi connectivity index (χ1v) is 39.5. The van der Waals surface area contributed by atoms with Gasteiger partial charge in [0.2, 0.25) is 0 Å². The van der Waals surface area contributed by atoms with Crippen molar-refractivity contribution < 1.29 is 80.2 Å². The molecule has 0 aromatic heterocycles. The average molecular weight is 1310 g/mol. The smallest absolute Gasteiger partial charge is 0.462 e. The predicted molar refractivity (Wildman–Crippen MR) is 358 cm³/mol. The van der Waals surface area contributed by atoms with Crippen LogP contribution in [0.1, 0.15) is 356 Å². The Balaban J connectivity index is 5.26. The second kappa shape index (κ2) is 62.2. The summed E-state index contributed by atoms with van der Waals surface area (Å²) in [6.45, 7) is 9.51. The number of carbonyl (C=O) groups is 4. The number of ether oxygens (including phenoxy) is 4. The lowest BCUT2D eigenvalue weighted by molar-refractivity contribution is -0.161. The molecule has 0 rings (SSSR count). The Morgan fingerprint density at radius 1 is 0.303 bits per heavy atom. The van der Waals surface area contributed by atoms with Gasteiger partial charge in [0, 0.05) is 25.7 Å². The summed E-state index contributed by atoms with van der Waals surface area (Å²) in [6, 6.07) is 0. The van der Waals surface area contributed by atoms with Crippen molar-refractivity contribution in [2.24, 2.45) is 11.8 Å². The lowest BCUT2D eigenvalue weighted by atomic mass is 10.0. The van der Waals surface area contributed by atoms with E-state index in [1.165, 1.54) is 173 Å². The monoisotopic (exact) mass is 1310 g/mol. The zero-order valence-electron chi connectivity index (χ0n) is 57.7. The second-order valence-corrected chi connectivity index (χ2v) is 29.1. The maximum absolute atomic E-state index is 13.0. The van der Waals surface area contributed by atoms with Crippen molar-refractivity contribution >= 4 is 39.5 Å². The summed E-state index contributed by atoms with van der Waals surface area (Å²) in [5.74, 6) is -0.642. The molecule has 0 saturated heterocycles. The lowest BCUT2D eigenvalue weighted by Gasteiger charge is -2.21. The van der Waals surface area contributed by atoms with E-state index in [1.807, 2.05) is 0 Å². The van der Waals surface area contributed by atoms with Crippen LogP contribution >= 0.6 is 15.6 Å². The average Bonchev–Trinajstić information content (AvgIpc) is 3.68. The van der Waals surface area contributed by atoms with Crippen molar-refractivity contribution in [3.63, 3.8) is 0 Å². The molecule has 0 fully saturated rings. The third-order valence-corrected chi connectivity index (χ3v) is 18.1. The van der Waals surface area contributed by atoms with Gasteiger partial charge in [0.1, 0.15) is 19.3 Å². The standard InChI is InChI=1S/C70H136O17P2/c1-7-9-11-13-15-17-19-21-23-29-36-42-48-54-69(74)86-65(59-81-68(73)53-47-41-35-30-24-26-32-38-44-50-62(3)4)60-84-88(76,77)82-56-64(71)57-83-89(78,79)85-61-66(87-70(75)55-49-43-37-31-25-27-33-39-45-51-63(5)6)58-80-67(72)52-46-40-34-28-22-20-18-16-14-12-10-8-2/h62-66,71H,7-61H2,1-6H3,(H,76,77)(H,78,79)/t64-,65-,66-/m1/s1. The number of hydrogen-bond acceptors (Lipinski definition) is 15. The van der Waals surface area contributed by atoms with E-state index in [4.69, 9.17) is 37.0 Å². The minimum atomic E-state index is -4.95. The van der Waals surface area contributed by atoms with E-state index in [0.717, 1.165) is 102 Å². The summed E-state index contributed by atoms with van der Waals surface area (Å²) >= 11 is 0. The van der Waals surface area contributed by atoms with Gasteiger partial charge in [-0.25, -0.2) is 9.13 Å². The first-order chi connectivity index (χ1) is 42.9. The molecular formula is C70H136O17P2. The van der Waals surface area contributed by atoms with Gasteiger partial charge < -0.3 is 33.8 Å². The fourth-order valence-electron chi connectivity index (χ4n) is 10.6. The van der Waals surface area contributed by atoms with E-state index in [1.54, 1.807) is 0 Å². The number of carbonyl (C=O) groups excluding carboxylic acids is 4. The SMILES string of the molecule is CCCCCCCCCCCCCCCC(=O)O[C@H](COC(=O)CCCCCCCCCCCC(C)C)COP(=O)(O)OC[C@@H](O)COP(=O)(O)OC[C@@H](COC(=O)CCCCCCCCCCCCCC)OC(=O)CCCCCCCCCCCC(C)C. The largest absolute Gasteiger partial charge is 0.472 e. The molecule has 0 bridgehead atoms. The highest BCUT2D eigenvalue weighted by Gasteiger charge is 2.30. The number of unbranched alkanes of at least 4 members (excludes halogenated alkanes) is 39. The Labute approximate surface area is 543 Å². The van der Waals surface area contributed by atoms with E-state index in [9.17, 15) is 43.2 Å². The zero-order chi connectivity index (χ0) is 65.7. The van der Waals surface area contributed by atoms with Crippen molar-refractivity contribution in [1.29, 1.82) is 0 Å². The van der Waals surface area contributed by atoms with Crippen LogP contribution in [0.2, 0.25) is 0 Å². The first-order valence-electron chi connectivity index (χ1n) is 36.5. The number of phosphoric ester groups is 2. The molecule has 3 N–H and O–H groups in total. The number of aliphatic hydroxyl groups excluding tert-OH is 1. The highest BCUT2D eigenvalue weighted by molar-refractivity contribution is 7.47. The number of esters is 4. The molecule has 0 amide bonds. The van der Waals surface area contributed by atoms with Crippen LogP contribution in [0.15, 0.2) is 0 Å². The minimum absolute atomic E-state index is 0.106. The molecule has 0 aliphatic heterocycles. The molecule has 0 aromatic rings. The Kier molecular flexibility index (Phi) is 60.8. The van der Waals surface area contributed by atoms with Crippen LogP contribution < -0.4 is 0 Å². The van der Waals surface area contributed by atoms with Crippen LogP contribution in [0.3, 0.4) is 0 Å². The molecule has 0 aliphatic carbocycles. The maximum atomic E-state index is 13.0. The fourth-order valence-corrected chi connectivity index (χ4v) is 12.2. The fraction of sp³-hybridized carbons (Fsp3) is 0.943. The van der Waals surface area contributed by atoms with Crippen molar-refractivity contribution in [1.82, 2.24) is 0 Å². The minimum Gasteiger partial charge on any atom is -0.462 e. The Hall–Kier alpha value is -1.94. The molecule has 5 atom stereocenters. The van der Waals surface area contributed by atoms with Crippen LogP contribution in [-0.2, 0) is 65.4 Å². The number of phosphoric acid groups is 2. The maximum Gasteiger partial charge on any atom is 0.472 e. The van der Waals surface area contributed by atoms with Gasteiger partial charge in [-0.2, -0.15) is 0 Å². The van der Waals surface area contributed by atoms with Crippen LogP contribution in [0.5, 0.6) is 0 Å². The molecule has 17 nitrogen and oxygen atoms in total. The Bertz CT molecular complexity index is 1730. The number of rotatable bonds is 69. The van der Waals surface area contributed by atoms with Crippen molar-refractivity contribution in [2.45, 2.75) is 374 Å². The highest BCUT2D eigenvalue weighted by Crippen LogP contribution is 2.45. The van der Waals surface area contributed by atoms with Gasteiger partial charge in [-0.05, 0) is 37.5 Å². The third-order valence-electron chi connectivity index (χ3n) is 16.2. The third kappa shape index (κ3) is 64.6. The van der Waals surface area contributed by atoms with Crippen LogP contribution in [0.25, 0.3) is 0 Å². The van der Waals surface area contributed by atoms with Crippen molar-refractivity contribution in [2.75, 3.05) is 39.6 Å². The van der Waals surface area contributed by atoms with Gasteiger partial charge in [0.25, 0.3) is 0 Å². The summed E-state index contributed by atoms with van der Waals surface area (Å²) in [5.41, 5.74) is 0. The topological polar surface area (TPSA) is 237 Å². The van der Waals surface area contributed by atoms with E-state index in [0.29, 0.717) is 25.7 Å². The van der Waals surface area contributed by atoms with Crippen molar-refractivity contribution in [3.8, 4) is 0 Å². The molecule has 0 saturated carbocycles. The molecule has 0 spiro atoms. The molecule has 528 valence electrons. The molecule has 19 heteroatoms. The highest BCUT2D eigenvalue weighted by atomic mass is 31.2. The van der Waals surface area contributed by atoms with Gasteiger partial charge in [0.15, 0.2) is 12.2 Å². The van der Waals surface area contributed by atoms with Gasteiger partial charge in [0.05, 0.1) is 26.4 Å². The normalized spacial score (nSPS) is 14.1. The van der Waals surface area contributed by atoms with E-state index < -0.39 is 97.5 Å². The molecule has 89 heavy (non-hydrogen) atoms. The van der Waals surface area contributed by atoms with E-state index in [-0.39, 0.29) is 25.7 Å². The number of hydrogen-bond donors (Lipinski definition) is 3. The summed E-state index contributed by atoms with van der Waals surface area (Å²) in [5, 5.41) is 10.6. The zero-order valence-corrected chi connectivity index (χ0v) is 59.5. The van der Waals surface area contributed by atoms with E-state index >= 15 is 0 Å². The summed E-state index contributed by atoms with van der Waals surface area (Å²) < 4.78 is 68.3. The molecule has 2 unspecified atom stereocenters. The lowest BCUT2D eigenvalue weighted by Crippen LogP contribution is -2.30. The quantitative estimate of drug-likeness (QED) is 0.0222. The van der Waals surface area contributed by atoms with Gasteiger partial charge in [-0.15, -0.1) is 0 Å². The van der Waals surface area contributed by atoms with Gasteiger partial charge in [-0.3, -0.25) is 37.3 Å². The second-order valence-electron chi connectivity index (χ2n) is 26.2. The van der Waals surface area contributed by atoms with Crippen LogP contribution in [-0.4, -0.2) is 96.7 Å². The molecule has 0 radical (unpaired) electrons. The summed E-state index contributed by atoms with van der Waals surface area (Å²) in [4.78, 5) is 72.5.